The Morgan fingerprint density at radius 3 is 2.53 bits per heavy atom. The molecule has 100 valence electrons. The molecule has 0 radical (unpaired) electrons. The maximum Gasteiger partial charge on any atom is 0.00740 e. The van der Waals surface area contributed by atoms with E-state index in [1.807, 2.05) is 0 Å². The molecule has 1 saturated heterocycles. The molecule has 0 bridgehead atoms. The highest BCUT2D eigenvalue weighted by molar-refractivity contribution is 4.84. The average Bonchev–Trinajstić information content (AvgIpc) is 2.35. The molecule has 2 rings (SSSR count). The molecule has 2 fully saturated rings. The highest BCUT2D eigenvalue weighted by atomic mass is 15.1. The SMILES string of the molecule is CC(C)[C@@H](N)CCN1CC[C@@H]2CCCC[C@@H]2C1. The Bertz CT molecular complexity index is 227. The molecule has 3 atom stereocenters. The number of hydrogen-bond donors (Lipinski definition) is 1. The lowest BCUT2D eigenvalue weighted by molar-refractivity contribution is 0.0838. The summed E-state index contributed by atoms with van der Waals surface area (Å²) < 4.78 is 0. The summed E-state index contributed by atoms with van der Waals surface area (Å²) in [6, 6.07) is 0.388. The van der Waals surface area contributed by atoms with E-state index in [1.165, 1.54) is 58.2 Å². The van der Waals surface area contributed by atoms with Crippen LogP contribution in [-0.4, -0.2) is 30.6 Å². The molecule has 1 heterocycles. The van der Waals surface area contributed by atoms with Gasteiger partial charge in [-0.2, -0.15) is 0 Å². The summed E-state index contributed by atoms with van der Waals surface area (Å²) in [4.78, 5) is 2.68. The topological polar surface area (TPSA) is 29.3 Å². The van der Waals surface area contributed by atoms with E-state index in [0.717, 1.165) is 11.8 Å². The Morgan fingerprint density at radius 1 is 1.12 bits per heavy atom. The molecule has 2 heteroatoms. The van der Waals surface area contributed by atoms with E-state index >= 15 is 0 Å². The fraction of sp³-hybridized carbons (Fsp3) is 1.00. The number of hydrogen-bond acceptors (Lipinski definition) is 2. The fourth-order valence-electron chi connectivity index (χ4n) is 3.54. The normalized spacial score (nSPS) is 32.5. The standard InChI is InChI=1S/C15H30N2/c1-12(2)15(16)8-10-17-9-7-13-5-3-4-6-14(13)11-17/h12-15H,3-11,16H2,1-2H3/t13-,14+,15-/m0/s1. The second kappa shape index (κ2) is 6.19. The van der Waals surface area contributed by atoms with Crippen molar-refractivity contribution in [3.8, 4) is 0 Å². The summed E-state index contributed by atoms with van der Waals surface area (Å²) >= 11 is 0. The molecule has 1 aliphatic carbocycles. The van der Waals surface area contributed by atoms with Gasteiger partial charge < -0.3 is 10.6 Å². The molecular formula is C15H30N2. The van der Waals surface area contributed by atoms with Crippen LogP contribution in [0.5, 0.6) is 0 Å². The quantitative estimate of drug-likeness (QED) is 0.816. The van der Waals surface area contributed by atoms with Crippen molar-refractivity contribution < 1.29 is 0 Å². The zero-order chi connectivity index (χ0) is 12.3. The molecule has 0 spiro atoms. The second-order valence-electron chi connectivity index (χ2n) is 6.59. The van der Waals surface area contributed by atoms with E-state index in [2.05, 4.69) is 18.7 Å². The summed E-state index contributed by atoms with van der Waals surface area (Å²) in [7, 11) is 0. The van der Waals surface area contributed by atoms with Crippen LogP contribution in [0.4, 0.5) is 0 Å². The first-order chi connectivity index (χ1) is 8.16. The maximum absolute atomic E-state index is 6.14. The van der Waals surface area contributed by atoms with Crippen molar-refractivity contribution in [1.29, 1.82) is 0 Å². The summed E-state index contributed by atoms with van der Waals surface area (Å²) in [6.45, 7) is 8.38. The van der Waals surface area contributed by atoms with Crippen molar-refractivity contribution in [2.45, 2.75) is 58.4 Å². The number of nitrogens with two attached hydrogens (primary N) is 1. The van der Waals surface area contributed by atoms with Crippen LogP contribution in [0.15, 0.2) is 0 Å². The largest absolute Gasteiger partial charge is 0.327 e. The molecule has 1 saturated carbocycles. The number of nitrogens with zero attached hydrogens (tertiary/aromatic N) is 1. The maximum atomic E-state index is 6.14. The zero-order valence-corrected chi connectivity index (χ0v) is 11.7. The molecule has 0 unspecified atom stereocenters. The van der Waals surface area contributed by atoms with Gasteiger partial charge in [0.15, 0.2) is 0 Å². The Morgan fingerprint density at radius 2 is 1.82 bits per heavy atom. The zero-order valence-electron chi connectivity index (χ0n) is 11.7. The van der Waals surface area contributed by atoms with Crippen LogP contribution in [0.1, 0.15) is 52.4 Å². The first-order valence-electron chi connectivity index (χ1n) is 7.64. The van der Waals surface area contributed by atoms with E-state index in [-0.39, 0.29) is 0 Å². The van der Waals surface area contributed by atoms with Crippen molar-refractivity contribution in [2.75, 3.05) is 19.6 Å². The average molecular weight is 238 g/mol. The van der Waals surface area contributed by atoms with Gasteiger partial charge in [-0.3, -0.25) is 0 Å². The molecule has 2 aliphatic rings. The Balaban J connectivity index is 1.72. The first-order valence-corrected chi connectivity index (χ1v) is 7.64. The van der Waals surface area contributed by atoms with Crippen LogP contribution in [0.25, 0.3) is 0 Å². The highest BCUT2D eigenvalue weighted by Gasteiger charge is 2.30. The number of rotatable bonds is 4. The number of fused-ring (bicyclic) bond motifs is 1. The fourth-order valence-corrected chi connectivity index (χ4v) is 3.54. The van der Waals surface area contributed by atoms with Crippen LogP contribution < -0.4 is 5.73 Å². The predicted molar refractivity (Wildman–Crippen MR) is 73.9 cm³/mol. The minimum Gasteiger partial charge on any atom is -0.327 e. The van der Waals surface area contributed by atoms with Crippen LogP contribution in [0, 0.1) is 17.8 Å². The van der Waals surface area contributed by atoms with Gasteiger partial charge in [0.25, 0.3) is 0 Å². The van der Waals surface area contributed by atoms with Crippen molar-refractivity contribution in [1.82, 2.24) is 4.90 Å². The molecule has 1 aliphatic heterocycles. The molecule has 0 amide bonds. The molecule has 2 nitrogen and oxygen atoms in total. The van der Waals surface area contributed by atoms with E-state index < -0.39 is 0 Å². The number of piperidine rings is 1. The highest BCUT2D eigenvalue weighted by Crippen LogP contribution is 2.36. The Kier molecular flexibility index (Phi) is 4.87. The van der Waals surface area contributed by atoms with Gasteiger partial charge >= 0.3 is 0 Å². The number of likely N-dealkylation sites (tertiary alicyclic amines) is 1. The van der Waals surface area contributed by atoms with Crippen LogP contribution in [0.2, 0.25) is 0 Å². The van der Waals surface area contributed by atoms with Crippen LogP contribution >= 0.6 is 0 Å². The van der Waals surface area contributed by atoms with Crippen molar-refractivity contribution in [2.24, 2.45) is 23.5 Å². The molecule has 0 aromatic carbocycles. The lowest BCUT2D eigenvalue weighted by Crippen LogP contribution is -2.43. The van der Waals surface area contributed by atoms with E-state index in [4.69, 9.17) is 5.73 Å². The van der Waals surface area contributed by atoms with Gasteiger partial charge in [-0.1, -0.05) is 33.1 Å². The summed E-state index contributed by atoms with van der Waals surface area (Å²) in [5, 5.41) is 0. The molecule has 17 heavy (non-hydrogen) atoms. The van der Waals surface area contributed by atoms with Gasteiger partial charge in [-0.25, -0.2) is 0 Å². The Hall–Kier alpha value is -0.0800. The first kappa shape index (κ1) is 13.4. The summed E-state index contributed by atoms with van der Waals surface area (Å²) in [5.74, 6) is 2.69. The minimum absolute atomic E-state index is 0.388. The van der Waals surface area contributed by atoms with E-state index in [0.29, 0.717) is 12.0 Å². The van der Waals surface area contributed by atoms with Gasteiger partial charge in [-0.05, 0) is 50.1 Å². The molecule has 0 aromatic heterocycles. The smallest absolute Gasteiger partial charge is 0.00740 e. The van der Waals surface area contributed by atoms with E-state index in [1.54, 1.807) is 0 Å². The van der Waals surface area contributed by atoms with Crippen molar-refractivity contribution >= 4 is 0 Å². The predicted octanol–water partition coefficient (Wildman–Crippen LogP) is 2.87. The van der Waals surface area contributed by atoms with E-state index in [9.17, 15) is 0 Å². The minimum atomic E-state index is 0.388. The third-order valence-corrected chi connectivity index (χ3v) is 5.01. The van der Waals surface area contributed by atoms with Gasteiger partial charge in [0.05, 0.1) is 0 Å². The molecule has 2 N–H and O–H groups in total. The van der Waals surface area contributed by atoms with Gasteiger partial charge in [0.2, 0.25) is 0 Å². The van der Waals surface area contributed by atoms with Crippen molar-refractivity contribution in [3.05, 3.63) is 0 Å². The Labute approximate surface area is 107 Å². The van der Waals surface area contributed by atoms with Crippen LogP contribution in [0.3, 0.4) is 0 Å². The lowest BCUT2D eigenvalue weighted by atomic mass is 9.75. The van der Waals surface area contributed by atoms with Gasteiger partial charge in [0.1, 0.15) is 0 Å². The summed E-state index contributed by atoms with van der Waals surface area (Å²) in [5.41, 5.74) is 6.14. The van der Waals surface area contributed by atoms with Gasteiger partial charge in [0, 0.05) is 12.6 Å². The summed E-state index contributed by atoms with van der Waals surface area (Å²) in [6.07, 6.45) is 8.57. The third-order valence-electron chi connectivity index (χ3n) is 5.01. The molecular weight excluding hydrogens is 208 g/mol. The van der Waals surface area contributed by atoms with Crippen molar-refractivity contribution in [3.63, 3.8) is 0 Å². The third kappa shape index (κ3) is 3.69. The lowest BCUT2D eigenvalue weighted by Gasteiger charge is -2.41. The van der Waals surface area contributed by atoms with Crippen LogP contribution in [-0.2, 0) is 0 Å². The second-order valence-corrected chi connectivity index (χ2v) is 6.59. The van der Waals surface area contributed by atoms with Gasteiger partial charge in [-0.15, -0.1) is 0 Å². The monoisotopic (exact) mass is 238 g/mol. The molecule has 0 aromatic rings.